The van der Waals surface area contributed by atoms with Gasteiger partial charge >= 0.3 is 0 Å². The number of aliphatic imine (C=N–C) groups is 1. The maximum absolute atomic E-state index is 10.9. The molecule has 0 amide bonds. The minimum atomic E-state index is 0. The molecule has 6 aromatic carbocycles. The summed E-state index contributed by atoms with van der Waals surface area (Å²) < 4.78 is 5.19. The van der Waals surface area contributed by atoms with Crippen LogP contribution >= 0.6 is 0 Å². The highest BCUT2D eigenvalue weighted by Crippen LogP contribution is 2.26. The molecule has 3 heterocycles. The number of ketones is 1. The monoisotopic (exact) mass is 1040 g/mol. The van der Waals surface area contributed by atoms with E-state index in [1.165, 1.54) is 49.9 Å². The van der Waals surface area contributed by atoms with Crippen LogP contribution in [0, 0.1) is 12.3 Å². The highest BCUT2D eigenvalue weighted by atomic mass is 16.5. The number of benzene rings is 6. The van der Waals surface area contributed by atoms with Crippen molar-refractivity contribution >= 4 is 44.9 Å². The molecule has 0 atom stereocenters. The summed E-state index contributed by atoms with van der Waals surface area (Å²) >= 11 is 0. The number of hydrogen-bond acceptors (Lipinski definition) is 9. The zero-order valence-corrected chi connectivity index (χ0v) is 47.5. The number of aromatic nitrogens is 2. The Labute approximate surface area is 463 Å². The van der Waals surface area contributed by atoms with Crippen molar-refractivity contribution in [3.8, 4) is 0 Å². The van der Waals surface area contributed by atoms with Crippen LogP contribution in [-0.4, -0.2) is 27.5 Å². The molecule has 0 unspecified atom stereocenters. The van der Waals surface area contributed by atoms with E-state index < -0.39 is 0 Å². The maximum Gasteiger partial charge on any atom is 0.167 e. The van der Waals surface area contributed by atoms with Crippen LogP contribution < -0.4 is 17.2 Å². The Balaban J connectivity index is 0.000000315. The lowest BCUT2D eigenvalue weighted by Gasteiger charge is -2.07. The van der Waals surface area contributed by atoms with Gasteiger partial charge in [0.2, 0.25) is 0 Å². The van der Waals surface area contributed by atoms with Gasteiger partial charge in [-0.25, -0.2) is 4.98 Å². The van der Waals surface area contributed by atoms with Crippen LogP contribution in [-0.2, 0) is 13.1 Å². The highest BCUT2D eigenvalue weighted by Gasteiger charge is 2.14. The number of nitrogens with one attached hydrogen (secondary N) is 1. The lowest BCUT2D eigenvalue weighted by molar-refractivity contribution is 0.101. The number of aryl methyl sites for hydroxylation is 1. The number of nitrogens with two attached hydrogens (primary N) is 3. The minimum absolute atomic E-state index is 0. The first-order chi connectivity index (χ1) is 35.5. The van der Waals surface area contributed by atoms with E-state index in [2.05, 4.69) is 183 Å². The van der Waals surface area contributed by atoms with Gasteiger partial charge in [0.1, 0.15) is 11.7 Å². The van der Waals surface area contributed by atoms with Crippen molar-refractivity contribution in [1.29, 1.82) is 5.41 Å². The first-order valence-electron chi connectivity index (χ1n) is 26.5. The molecule has 9 heteroatoms. The Kier molecular flexibility index (Phi) is 27.1. The first-order valence-corrected chi connectivity index (χ1v) is 26.5. The van der Waals surface area contributed by atoms with E-state index in [-0.39, 0.29) is 20.6 Å². The lowest BCUT2D eigenvalue weighted by atomic mass is 9.98. The van der Waals surface area contributed by atoms with E-state index >= 15 is 0 Å². The number of amidine groups is 1. The number of pyridine rings is 1. The summed E-state index contributed by atoms with van der Waals surface area (Å²) in [6.07, 6.45) is 1.75. The first kappa shape index (κ1) is 65.9. The fraction of sp³-hybridized carbons (Fsp3) is 0.368. The minimum Gasteiger partial charge on any atom is -0.383 e. The Bertz CT molecular complexity index is 3030. The largest absolute Gasteiger partial charge is 0.383 e. The second-order valence-electron chi connectivity index (χ2n) is 21.1. The summed E-state index contributed by atoms with van der Waals surface area (Å²) in [6.45, 7) is 32.9. The standard InChI is InChI=1S/C12H14N2.C11H14N2.C11H13NO.C11H15N.C11H14O.C10H15N.2CH4/c1-8(2)9-3-4-11-10(7-9)5-6-14-12(11)13;1-7(2)8-3-4-10-9(5-8)6-13-11(10)12;1-7(2)9-4-5-10-8(3)12-13-11(10)6-9;2*1-8(2)10-4-6-11(7-5-10)9(3)12;1-8(2)10-5-3-9(7-11)4-6-10;;/h3-8H,1-2H3,(H2,13,14);3-5,7H,6H2,1-2H3,(H2,12,13);4-7H,1-3H3;4-8,12H,1-3H3;4-8H,1-3H3;3-6,8H,7,11H2,1-2H3;2*1H4. The van der Waals surface area contributed by atoms with Gasteiger partial charge in [-0.05, 0) is 130 Å². The van der Waals surface area contributed by atoms with E-state index in [0.717, 1.165) is 45.3 Å². The maximum atomic E-state index is 10.9. The molecular formula is C68H93N7O2. The molecule has 412 valence electrons. The molecule has 0 aliphatic carbocycles. The van der Waals surface area contributed by atoms with Gasteiger partial charge in [-0.15, -0.1) is 0 Å². The number of carbonyl (C=O) groups is 1. The quantitative estimate of drug-likeness (QED) is 0.0823. The van der Waals surface area contributed by atoms with Crippen molar-refractivity contribution in [2.75, 3.05) is 5.73 Å². The second kappa shape index (κ2) is 31.7. The molecule has 1 aliphatic heterocycles. The molecule has 77 heavy (non-hydrogen) atoms. The van der Waals surface area contributed by atoms with Crippen LogP contribution in [0.25, 0.3) is 21.7 Å². The van der Waals surface area contributed by atoms with E-state index in [1.807, 2.05) is 62.4 Å². The van der Waals surface area contributed by atoms with Crippen molar-refractivity contribution in [3.05, 3.63) is 207 Å². The fourth-order valence-electron chi connectivity index (χ4n) is 7.89. The summed E-state index contributed by atoms with van der Waals surface area (Å²) in [6, 6.07) is 45.5. The molecule has 9 nitrogen and oxygen atoms in total. The number of rotatable bonds is 9. The van der Waals surface area contributed by atoms with Crippen molar-refractivity contribution in [2.24, 2.45) is 16.5 Å². The fourth-order valence-corrected chi connectivity index (χ4v) is 7.89. The van der Waals surface area contributed by atoms with Crippen LogP contribution in [0.15, 0.2) is 149 Å². The van der Waals surface area contributed by atoms with Crippen molar-refractivity contribution in [2.45, 2.75) is 167 Å². The van der Waals surface area contributed by atoms with E-state index in [4.69, 9.17) is 27.1 Å². The number of carbonyl (C=O) groups excluding carboxylic acids is 1. The lowest BCUT2D eigenvalue weighted by Crippen LogP contribution is -2.10. The molecule has 0 bridgehead atoms. The zero-order chi connectivity index (χ0) is 55.5. The summed E-state index contributed by atoms with van der Waals surface area (Å²) in [5.74, 6) is 4.81. The molecular weight excluding hydrogens is 947 g/mol. The highest BCUT2D eigenvalue weighted by molar-refractivity contribution is 6.01. The Morgan fingerprint density at radius 1 is 0.558 bits per heavy atom. The summed E-state index contributed by atoms with van der Waals surface area (Å²) in [5.41, 5.74) is 32.8. The molecule has 0 radical (unpaired) electrons. The second-order valence-corrected chi connectivity index (χ2v) is 21.1. The Hall–Kier alpha value is -7.23. The number of hydrogen-bond donors (Lipinski definition) is 4. The predicted octanol–water partition coefficient (Wildman–Crippen LogP) is 18.0. The smallest absolute Gasteiger partial charge is 0.167 e. The third-order valence-corrected chi connectivity index (χ3v) is 13.2. The molecule has 0 fully saturated rings. The van der Waals surface area contributed by atoms with Gasteiger partial charge in [-0.3, -0.25) is 9.79 Å². The van der Waals surface area contributed by atoms with Gasteiger partial charge in [-0.2, -0.15) is 0 Å². The molecule has 9 rings (SSSR count). The molecule has 2 aromatic heterocycles. The molecule has 0 saturated carbocycles. The number of nitrogens with zero attached hydrogens (tertiary/aromatic N) is 3. The van der Waals surface area contributed by atoms with Crippen LogP contribution in [0.2, 0.25) is 0 Å². The van der Waals surface area contributed by atoms with Crippen LogP contribution in [0.5, 0.6) is 0 Å². The number of Topliss-reactive ketones (excluding diaryl/α,β-unsaturated/α-hetero) is 1. The predicted molar refractivity (Wildman–Crippen MR) is 333 cm³/mol. The normalized spacial score (nSPS) is 11.1. The molecule has 0 saturated heterocycles. The van der Waals surface area contributed by atoms with Crippen LogP contribution in [0.1, 0.15) is 219 Å². The van der Waals surface area contributed by atoms with E-state index in [0.29, 0.717) is 59.4 Å². The summed E-state index contributed by atoms with van der Waals surface area (Å²) in [7, 11) is 0. The third kappa shape index (κ3) is 20.0. The average Bonchev–Trinajstić information content (AvgIpc) is 3.97. The van der Waals surface area contributed by atoms with E-state index in [9.17, 15) is 4.79 Å². The van der Waals surface area contributed by atoms with Crippen molar-refractivity contribution < 1.29 is 9.32 Å². The molecule has 0 spiro atoms. The van der Waals surface area contributed by atoms with Gasteiger partial charge in [0.15, 0.2) is 11.4 Å². The number of nitrogen functional groups attached to an aromatic ring is 1. The number of fused-ring (bicyclic) bond motifs is 3. The summed E-state index contributed by atoms with van der Waals surface area (Å²) in [5, 5.41) is 14.7. The zero-order valence-electron chi connectivity index (χ0n) is 47.5. The van der Waals surface area contributed by atoms with Crippen molar-refractivity contribution in [3.63, 3.8) is 0 Å². The van der Waals surface area contributed by atoms with Gasteiger partial charge in [0.05, 0.1) is 12.2 Å². The van der Waals surface area contributed by atoms with E-state index in [1.54, 1.807) is 13.1 Å². The molecule has 1 aliphatic rings. The third-order valence-electron chi connectivity index (χ3n) is 13.2. The topological polar surface area (TPSA) is 170 Å². The summed E-state index contributed by atoms with van der Waals surface area (Å²) in [4.78, 5) is 19.2. The van der Waals surface area contributed by atoms with Crippen LogP contribution in [0.4, 0.5) is 5.82 Å². The molecule has 7 N–H and O–H groups in total. The Morgan fingerprint density at radius 2 is 0.987 bits per heavy atom. The van der Waals surface area contributed by atoms with Gasteiger partial charge in [0.25, 0.3) is 0 Å². The Morgan fingerprint density at radius 3 is 1.45 bits per heavy atom. The van der Waals surface area contributed by atoms with Gasteiger partial charge < -0.3 is 27.1 Å². The number of anilines is 1. The van der Waals surface area contributed by atoms with Crippen LogP contribution in [0.3, 0.4) is 0 Å². The van der Waals surface area contributed by atoms with Gasteiger partial charge in [-0.1, -0.05) is 218 Å². The average molecular weight is 1040 g/mol. The van der Waals surface area contributed by atoms with Gasteiger partial charge in [0, 0.05) is 40.4 Å². The molecule has 8 aromatic rings. The SMILES string of the molecule is C.C.CC(=N)c1ccc(C(C)C)cc1.CC(=O)c1ccc(C(C)C)cc1.CC(C)c1ccc(CN)cc1.CC(C)c1ccc2c(N)nccc2c1.CC(C)c1ccc2c(c1)CN=C2N.Cc1noc2cc(C(C)C)ccc12. The van der Waals surface area contributed by atoms with Crippen molar-refractivity contribution in [1.82, 2.24) is 10.1 Å².